The van der Waals surface area contributed by atoms with Crippen molar-refractivity contribution in [1.29, 1.82) is 0 Å². The van der Waals surface area contributed by atoms with Gasteiger partial charge < -0.3 is 5.73 Å². The van der Waals surface area contributed by atoms with Crippen LogP contribution in [0.3, 0.4) is 0 Å². The smallest absolute Gasteiger partial charge is 0.300 e. The molecule has 0 aromatic carbocycles. The van der Waals surface area contributed by atoms with E-state index in [1.807, 2.05) is 0 Å². The predicted molar refractivity (Wildman–Crippen MR) is 74.8 cm³/mol. The third-order valence-electron chi connectivity index (χ3n) is 2.55. The quantitative estimate of drug-likeness (QED) is 0.640. The Hall–Kier alpha value is -3.10. The van der Waals surface area contributed by atoms with Crippen molar-refractivity contribution in [2.75, 3.05) is 11.1 Å². The number of rotatable bonds is 3. The zero-order chi connectivity index (χ0) is 15.6. The number of nitrogens with two attached hydrogens (primary N) is 1. The van der Waals surface area contributed by atoms with Gasteiger partial charge in [0.1, 0.15) is 17.6 Å². The number of nitrogens with one attached hydrogen (secondary N) is 1. The molecule has 2 rings (SSSR count). The zero-order valence-electron chi connectivity index (χ0n) is 11.3. The molecule has 0 unspecified atom stereocenters. The average molecular weight is 288 g/mol. The van der Waals surface area contributed by atoms with Crippen LogP contribution in [0.1, 0.15) is 21.7 Å². The normalized spacial score (nSPS) is 10.2. The molecule has 0 aliphatic rings. The van der Waals surface area contributed by atoms with Crippen LogP contribution in [0.15, 0.2) is 18.3 Å². The Balaban J connectivity index is 2.36. The lowest BCUT2D eigenvalue weighted by Crippen LogP contribution is -2.17. The number of nitrogen functional groups attached to an aromatic ring is 1. The molecule has 0 atom stereocenters. The van der Waals surface area contributed by atoms with Crippen molar-refractivity contribution in [3.8, 4) is 0 Å². The topological polar surface area (TPSA) is 137 Å². The van der Waals surface area contributed by atoms with Gasteiger partial charge in [0, 0.05) is 11.4 Å². The van der Waals surface area contributed by atoms with Crippen LogP contribution in [0.2, 0.25) is 0 Å². The maximum atomic E-state index is 12.1. The van der Waals surface area contributed by atoms with Gasteiger partial charge in [0.25, 0.3) is 11.6 Å². The van der Waals surface area contributed by atoms with Crippen LogP contribution in [0.4, 0.5) is 17.5 Å². The van der Waals surface area contributed by atoms with Gasteiger partial charge in [0.15, 0.2) is 0 Å². The number of carbonyl (C=O) groups excluding carboxylic acids is 1. The summed E-state index contributed by atoms with van der Waals surface area (Å²) in [4.78, 5) is 34.0. The summed E-state index contributed by atoms with van der Waals surface area (Å²) in [5, 5.41) is 13.3. The maximum Gasteiger partial charge on any atom is 0.300 e. The fraction of sp³-hybridized carbons (Fsp3) is 0.167. The number of anilines is 2. The number of hydrogen-bond donors (Lipinski definition) is 2. The summed E-state index contributed by atoms with van der Waals surface area (Å²) >= 11 is 0. The highest BCUT2D eigenvalue weighted by Crippen LogP contribution is 2.20. The van der Waals surface area contributed by atoms with Crippen molar-refractivity contribution in [1.82, 2.24) is 15.0 Å². The monoisotopic (exact) mass is 288 g/mol. The second kappa shape index (κ2) is 5.49. The third kappa shape index (κ3) is 3.26. The van der Waals surface area contributed by atoms with Crippen LogP contribution in [0.25, 0.3) is 0 Å². The van der Waals surface area contributed by atoms with Gasteiger partial charge in [0.2, 0.25) is 5.95 Å². The first-order chi connectivity index (χ1) is 9.86. The second-order valence-electron chi connectivity index (χ2n) is 4.31. The molecule has 0 radical (unpaired) electrons. The van der Waals surface area contributed by atoms with E-state index in [-0.39, 0.29) is 17.3 Å². The van der Waals surface area contributed by atoms with E-state index >= 15 is 0 Å². The van der Waals surface area contributed by atoms with Crippen LogP contribution >= 0.6 is 0 Å². The minimum Gasteiger partial charge on any atom is -0.384 e. The molecule has 0 aliphatic heterocycles. The van der Waals surface area contributed by atoms with Crippen molar-refractivity contribution < 1.29 is 9.72 Å². The molecular weight excluding hydrogens is 276 g/mol. The van der Waals surface area contributed by atoms with Crippen molar-refractivity contribution in [3.05, 3.63) is 45.4 Å². The molecule has 9 nitrogen and oxygen atoms in total. The number of nitrogens with zero attached hydrogens (tertiary/aromatic N) is 4. The molecule has 2 heterocycles. The summed E-state index contributed by atoms with van der Waals surface area (Å²) in [5.74, 6) is -0.643. The number of hydrogen-bond acceptors (Lipinski definition) is 7. The molecule has 2 aromatic heterocycles. The van der Waals surface area contributed by atoms with E-state index in [9.17, 15) is 14.9 Å². The van der Waals surface area contributed by atoms with Gasteiger partial charge >= 0.3 is 0 Å². The van der Waals surface area contributed by atoms with E-state index in [1.54, 1.807) is 19.9 Å². The van der Waals surface area contributed by atoms with Crippen molar-refractivity contribution in [2.24, 2.45) is 0 Å². The van der Waals surface area contributed by atoms with E-state index in [0.29, 0.717) is 11.4 Å². The van der Waals surface area contributed by atoms with Gasteiger partial charge in [-0.1, -0.05) is 0 Å². The predicted octanol–water partition coefficient (Wildman–Crippen LogP) is 1.23. The summed E-state index contributed by atoms with van der Waals surface area (Å²) in [6.45, 7) is 3.49. The van der Waals surface area contributed by atoms with Gasteiger partial charge in [-0.2, -0.15) is 0 Å². The SMILES string of the molecule is Cc1cc(C)nc(NC(=O)c2cc(N)ncc2[N+](=O)[O-])n1. The van der Waals surface area contributed by atoms with Gasteiger partial charge in [0.05, 0.1) is 4.92 Å². The lowest BCUT2D eigenvalue weighted by atomic mass is 10.2. The highest BCUT2D eigenvalue weighted by atomic mass is 16.6. The molecule has 21 heavy (non-hydrogen) atoms. The molecule has 0 saturated heterocycles. The highest BCUT2D eigenvalue weighted by molar-refractivity contribution is 6.06. The molecule has 0 fully saturated rings. The number of amides is 1. The molecule has 1 amide bonds. The fourth-order valence-electron chi connectivity index (χ4n) is 1.74. The fourth-order valence-corrected chi connectivity index (χ4v) is 1.74. The third-order valence-corrected chi connectivity index (χ3v) is 2.55. The largest absolute Gasteiger partial charge is 0.384 e. The van der Waals surface area contributed by atoms with Gasteiger partial charge in [-0.25, -0.2) is 15.0 Å². The maximum absolute atomic E-state index is 12.1. The molecule has 2 aromatic rings. The first-order valence-electron chi connectivity index (χ1n) is 5.90. The number of nitro groups is 1. The summed E-state index contributed by atoms with van der Waals surface area (Å²) in [6.07, 6.45) is 0.937. The Bertz CT molecular complexity index is 711. The van der Waals surface area contributed by atoms with E-state index < -0.39 is 16.5 Å². The Kier molecular flexibility index (Phi) is 3.74. The lowest BCUT2D eigenvalue weighted by molar-refractivity contribution is -0.385. The van der Waals surface area contributed by atoms with E-state index in [4.69, 9.17) is 5.73 Å². The molecule has 3 N–H and O–H groups in total. The standard InChI is InChI=1S/C12H12N6O3/c1-6-3-7(2)16-12(15-6)17-11(19)8-4-10(13)14-5-9(8)18(20)21/h3-5H,1-2H3,(H2,13,14)(H,15,16,17,19). The zero-order valence-corrected chi connectivity index (χ0v) is 11.3. The van der Waals surface area contributed by atoms with E-state index in [1.165, 1.54) is 0 Å². The summed E-state index contributed by atoms with van der Waals surface area (Å²) in [6, 6.07) is 2.87. The van der Waals surface area contributed by atoms with E-state index in [2.05, 4.69) is 20.3 Å². The Morgan fingerprint density at radius 2 is 1.90 bits per heavy atom. The first kappa shape index (κ1) is 14.3. The molecule has 0 bridgehead atoms. The summed E-state index contributed by atoms with van der Waals surface area (Å²) in [5.41, 5.74) is 6.16. The van der Waals surface area contributed by atoms with Gasteiger partial charge in [-0.05, 0) is 26.0 Å². The number of carbonyl (C=O) groups is 1. The Labute approximate surface area is 119 Å². The molecule has 0 spiro atoms. The summed E-state index contributed by atoms with van der Waals surface area (Å²) in [7, 11) is 0. The van der Waals surface area contributed by atoms with Crippen LogP contribution in [-0.4, -0.2) is 25.8 Å². The first-order valence-corrected chi connectivity index (χ1v) is 5.90. The van der Waals surface area contributed by atoms with Crippen LogP contribution in [-0.2, 0) is 0 Å². The second-order valence-corrected chi connectivity index (χ2v) is 4.31. The van der Waals surface area contributed by atoms with E-state index in [0.717, 1.165) is 12.3 Å². The Morgan fingerprint density at radius 3 is 2.48 bits per heavy atom. The number of aromatic nitrogens is 3. The Morgan fingerprint density at radius 1 is 1.29 bits per heavy atom. The van der Waals surface area contributed by atoms with Gasteiger partial charge in [-0.15, -0.1) is 0 Å². The number of aryl methyl sites for hydroxylation is 2. The highest BCUT2D eigenvalue weighted by Gasteiger charge is 2.22. The molecule has 108 valence electrons. The minimum atomic E-state index is -0.721. The van der Waals surface area contributed by atoms with Crippen LogP contribution in [0, 0.1) is 24.0 Å². The minimum absolute atomic E-state index is 0.00657. The van der Waals surface area contributed by atoms with Crippen molar-refractivity contribution in [3.63, 3.8) is 0 Å². The van der Waals surface area contributed by atoms with Crippen molar-refractivity contribution in [2.45, 2.75) is 13.8 Å². The average Bonchev–Trinajstić information content (AvgIpc) is 2.36. The lowest BCUT2D eigenvalue weighted by Gasteiger charge is -2.06. The van der Waals surface area contributed by atoms with Crippen LogP contribution < -0.4 is 11.1 Å². The molecule has 0 saturated carbocycles. The number of pyridine rings is 1. The molecule has 9 heteroatoms. The molecular formula is C12H12N6O3. The van der Waals surface area contributed by atoms with Crippen molar-refractivity contribution >= 4 is 23.4 Å². The van der Waals surface area contributed by atoms with Crippen LogP contribution in [0.5, 0.6) is 0 Å². The molecule has 0 aliphatic carbocycles. The van der Waals surface area contributed by atoms with Gasteiger partial charge in [-0.3, -0.25) is 20.2 Å². The summed E-state index contributed by atoms with van der Waals surface area (Å²) < 4.78 is 0.